The predicted octanol–water partition coefficient (Wildman–Crippen LogP) is 1.20. The lowest BCUT2D eigenvalue weighted by atomic mass is 9.89. The molecule has 0 aromatic carbocycles. The average Bonchev–Trinajstić information content (AvgIpc) is 2.73. The van der Waals surface area contributed by atoms with Gasteiger partial charge >= 0.3 is 5.97 Å². The molecular formula is C12H19N3O2. The van der Waals surface area contributed by atoms with Crippen molar-refractivity contribution >= 4 is 5.97 Å². The normalized spacial score (nSPS) is 16.8. The monoisotopic (exact) mass is 237 g/mol. The van der Waals surface area contributed by atoms with Crippen molar-refractivity contribution in [2.45, 2.75) is 33.4 Å². The van der Waals surface area contributed by atoms with Crippen molar-refractivity contribution in [1.29, 1.82) is 0 Å². The summed E-state index contributed by atoms with van der Waals surface area (Å²) in [6.45, 7) is 7.11. The van der Waals surface area contributed by atoms with E-state index in [1.165, 1.54) is 0 Å². The van der Waals surface area contributed by atoms with Crippen LogP contribution in [0.2, 0.25) is 0 Å². The summed E-state index contributed by atoms with van der Waals surface area (Å²) in [5.41, 5.74) is -0.646. The molecule has 2 rings (SSSR count). The molecule has 17 heavy (non-hydrogen) atoms. The van der Waals surface area contributed by atoms with Gasteiger partial charge in [0.2, 0.25) is 0 Å². The second-order valence-electron chi connectivity index (χ2n) is 5.25. The molecule has 0 bridgehead atoms. The molecule has 1 aromatic rings. The molecule has 0 saturated carbocycles. The van der Waals surface area contributed by atoms with Gasteiger partial charge in [0.1, 0.15) is 5.82 Å². The molecular weight excluding hydrogens is 218 g/mol. The SMILES string of the molecule is CC(C)(CCN1CCn2ccnc2C1)C(=O)O. The number of carboxylic acid groups (broad SMARTS) is 1. The first kappa shape index (κ1) is 12.1. The van der Waals surface area contributed by atoms with Crippen molar-refractivity contribution in [3.8, 4) is 0 Å². The van der Waals surface area contributed by atoms with Crippen LogP contribution in [0.5, 0.6) is 0 Å². The number of fused-ring (bicyclic) bond motifs is 1. The minimum absolute atomic E-state index is 0.646. The van der Waals surface area contributed by atoms with Crippen molar-refractivity contribution in [2.24, 2.45) is 5.41 Å². The second kappa shape index (κ2) is 4.49. The molecule has 1 N–H and O–H groups in total. The molecule has 1 aliphatic rings. The van der Waals surface area contributed by atoms with E-state index in [2.05, 4.69) is 14.5 Å². The van der Waals surface area contributed by atoms with Gasteiger partial charge in [-0.3, -0.25) is 9.69 Å². The molecule has 0 aliphatic carbocycles. The number of imidazole rings is 1. The molecule has 0 saturated heterocycles. The van der Waals surface area contributed by atoms with Crippen LogP contribution in [0, 0.1) is 5.41 Å². The fourth-order valence-electron chi connectivity index (χ4n) is 1.96. The smallest absolute Gasteiger partial charge is 0.309 e. The van der Waals surface area contributed by atoms with Crippen molar-refractivity contribution in [3.05, 3.63) is 18.2 Å². The number of carbonyl (C=O) groups is 1. The zero-order valence-corrected chi connectivity index (χ0v) is 10.4. The molecule has 0 fully saturated rings. The van der Waals surface area contributed by atoms with Crippen LogP contribution < -0.4 is 0 Å². The first-order chi connectivity index (χ1) is 7.99. The Labute approximate surface area is 101 Å². The van der Waals surface area contributed by atoms with Crippen LogP contribution >= 0.6 is 0 Å². The van der Waals surface area contributed by atoms with Crippen LogP contribution in [-0.2, 0) is 17.9 Å². The highest BCUT2D eigenvalue weighted by atomic mass is 16.4. The Morgan fingerprint density at radius 2 is 2.29 bits per heavy atom. The lowest BCUT2D eigenvalue weighted by Crippen LogP contribution is -2.37. The van der Waals surface area contributed by atoms with Crippen molar-refractivity contribution < 1.29 is 9.90 Å². The van der Waals surface area contributed by atoms with E-state index in [1.54, 1.807) is 13.8 Å². The van der Waals surface area contributed by atoms with Crippen LogP contribution in [0.25, 0.3) is 0 Å². The summed E-state index contributed by atoms with van der Waals surface area (Å²) in [4.78, 5) is 17.6. The Bertz CT molecular complexity index is 412. The number of rotatable bonds is 4. The maximum atomic E-state index is 11.0. The molecule has 2 heterocycles. The Hall–Kier alpha value is -1.36. The van der Waals surface area contributed by atoms with E-state index in [4.69, 9.17) is 5.11 Å². The molecule has 0 atom stereocenters. The minimum atomic E-state index is -0.726. The highest BCUT2D eigenvalue weighted by Gasteiger charge is 2.28. The molecule has 1 aromatic heterocycles. The fourth-order valence-corrected chi connectivity index (χ4v) is 1.96. The average molecular weight is 237 g/mol. The lowest BCUT2D eigenvalue weighted by molar-refractivity contribution is -0.147. The Morgan fingerprint density at radius 1 is 1.53 bits per heavy atom. The summed E-state index contributed by atoms with van der Waals surface area (Å²) in [6.07, 6.45) is 4.48. The van der Waals surface area contributed by atoms with E-state index in [9.17, 15) is 4.79 Å². The van der Waals surface area contributed by atoms with Gasteiger partial charge in [0.05, 0.1) is 12.0 Å². The van der Waals surface area contributed by atoms with Crippen molar-refractivity contribution in [2.75, 3.05) is 13.1 Å². The van der Waals surface area contributed by atoms with E-state index < -0.39 is 11.4 Å². The summed E-state index contributed by atoms with van der Waals surface area (Å²) in [5.74, 6) is 0.348. The Morgan fingerprint density at radius 3 is 3.00 bits per heavy atom. The van der Waals surface area contributed by atoms with E-state index in [0.717, 1.165) is 32.0 Å². The number of aliphatic carboxylic acids is 1. The third-order valence-corrected chi connectivity index (χ3v) is 3.46. The van der Waals surface area contributed by atoms with Gasteiger partial charge in [0.25, 0.3) is 0 Å². The third-order valence-electron chi connectivity index (χ3n) is 3.46. The zero-order valence-electron chi connectivity index (χ0n) is 10.4. The second-order valence-corrected chi connectivity index (χ2v) is 5.25. The molecule has 0 unspecified atom stereocenters. The summed E-state index contributed by atoms with van der Waals surface area (Å²) >= 11 is 0. The van der Waals surface area contributed by atoms with Crippen LogP contribution in [-0.4, -0.2) is 38.6 Å². The zero-order chi connectivity index (χ0) is 12.5. The summed E-state index contributed by atoms with van der Waals surface area (Å²) in [6, 6.07) is 0. The molecule has 5 heteroatoms. The Balaban J connectivity index is 1.88. The van der Waals surface area contributed by atoms with E-state index in [1.807, 2.05) is 12.4 Å². The molecule has 0 amide bonds. The number of hydrogen-bond donors (Lipinski definition) is 1. The standard InChI is InChI=1S/C12H19N3O2/c1-12(2,11(16)17)3-5-14-7-8-15-6-4-13-10(15)9-14/h4,6H,3,5,7-9H2,1-2H3,(H,16,17). The van der Waals surface area contributed by atoms with Crippen LogP contribution in [0.4, 0.5) is 0 Å². The van der Waals surface area contributed by atoms with Crippen molar-refractivity contribution in [1.82, 2.24) is 14.5 Å². The van der Waals surface area contributed by atoms with E-state index >= 15 is 0 Å². The van der Waals surface area contributed by atoms with Gasteiger partial charge < -0.3 is 9.67 Å². The topological polar surface area (TPSA) is 58.4 Å². The summed E-state index contributed by atoms with van der Waals surface area (Å²) in [7, 11) is 0. The van der Waals surface area contributed by atoms with Gasteiger partial charge in [0.15, 0.2) is 0 Å². The summed E-state index contributed by atoms with van der Waals surface area (Å²) < 4.78 is 2.15. The van der Waals surface area contributed by atoms with Gasteiger partial charge in [-0.15, -0.1) is 0 Å². The van der Waals surface area contributed by atoms with Crippen LogP contribution in [0.15, 0.2) is 12.4 Å². The largest absolute Gasteiger partial charge is 0.481 e. The van der Waals surface area contributed by atoms with E-state index in [-0.39, 0.29) is 0 Å². The lowest BCUT2D eigenvalue weighted by Gasteiger charge is -2.30. The van der Waals surface area contributed by atoms with Gasteiger partial charge in [0, 0.05) is 25.5 Å². The fraction of sp³-hybridized carbons (Fsp3) is 0.667. The highest BCUT2D eigenvalue weighted by molar-refractivity contribution is 5.73. The Kier molecular flexibility index (Phi) is 3.19. The number of hydrogen-bond acceptors (Lipinski definition) is 3. The van der Waals surface area contributed by atoms with Gasteiger partial charge in [-0.1, -0.05) is 0 Å². The highest BCUT2D eigenvalue weighted by Crippen LogP contribution is 2.22. The molecule has 0 spiro atoms. The minimum Gasteiger partial charge on any atom is -0.481 e. The number of aromatic nitrogens is 2. The first-order valence-corrected chi connectivity index (χ1v) is 5.95. The third kappa shape index (κ3) is 2.66. The predicted molar refractivity (Wildman–Crippen MR) is 63.5 cm³/mol. The van der Waals surface area contributed by atoms with Gasteiger partial charge in [-0.25, -0.2) is 4.98 Å². The molecule has 0 radical (unpaired) electrons. The van der Waals surface area contributed by atoms with Crippen LogP contribution in [0.3, 0.4) is 0 Å². The van der Waals surface area contributed by atoms with Gasteiger partial charge in [-0.2, -0.15) is 0 Å². The first-order valence-electron chi connectivity index (χ1n) is 5.95. The molecule has 1 aliphatic heterocycles. The number of nitrogens with zero attached hydrogens (tertiary/aromatic N) is 3. The van der Waals surface area contributed by atoms with Crippen LogP contribution in [0.1, 0.15) is 26.1 Å². The summed E-state index contributed by atoms with van der Waals surface area (Å²) in [5, 5.41) is 9.06. The number of carboxylic acids is 1. The van der Waals surface area contributed by atoms with Crippen molar-refractivity contribution in [3.63, 3.8) is 0 Å². The molecule has 94 valence electrons. The van der Waals surface area contributed by atoms with E-state index in [0.29, 0.717) is 6.42 Å². The van der Waals surface area contributed by atoms with Gasteiger partial charge in [-0.05, 0) is 26.8 Å². The molecule has 5 nitrogen and oxygen atoms in total. The maximum absolute atomic E-state index is 11.0. The maximum Gasteiger partial charge on any atom is 0.309 e. The quantitative estimate of drug-likeness (QED) is 0.855.